The van der Waals surface area contributed by atoms with E-state index in [-0.39, 0.29) is 18.1 Å². The second-order valence-corrected chi connectivity index (χ2v) is 3.77. The molecule has 0 saturated heterocycles. The van der Waals surface area contributed by atoms with Crippen LogP contribution in [-0.2, 0) is 11.8 Å². The number of hydrogen-bond acceptors (Lipinski definition) is 2. The first-order valence-corrected chi connectivity index (χ1v) is 4.82. The third-order valence-electron chi connectivity index (χ3n) is 0.594. The van der Waals surface area contributed by atoms with Gasteiger partial charge in [-0.3, -0.25) is 0 Å². The highest BCUT2D eigenvalue weighted by atomic mass is 32.4. The van der Waals surface area contributed by atoms with Crippen LogP contribution in [0.5, 0.6) is 0 Å². The minimum absolute atomic E-state index is 0.0602. The van der Waals surface area contributed by atoms with Gasteiger partial charge < -0.3 is 5.11 Å². The predicted molar refractivity (Wildman–Crippen MR) is 41.8 cm³/mol. The number of thiocarbonyl (C=S) groups is 1. The predicted octanol–water partition coefficient (Wildman–Crippen LogP) is 1.13. The number of hydrogen-bond donors (Lipinski definition) is 1. The third kappa shape index (κ3) is 3.15. The highest BCUT2D eigenvalue weighted by molar-refractivity contribution is 7.97. The average Bonchev–Trinajstić information content (AvgIpc) is 1.65. The van der Waals surface area contributed by atoms with Crippen LogP contribution in [0.15, 0.2) is 0 Å². The molecule has 0 saturated carbocycles. The first kappa shape index (κ1) is 7.54. The van der Waals surface area contributed by atoms with E-state index < -0.39 is 0 Å². The van der Waals surface area contributed by atoms with Gasteiger partial charge in [0.2, 0.25) is 0 Å². The smallest absolute Gasteiger partial charge is 0.164 e. The number of rotatable bonds is 2. The lowest BCUT2D eigenvalue weighted by atomic mass is 10.5. The van der Waals surface area contributed by atoms with E-state index in [4.69, 9.17) is 5.11 Å². The quantitative estimate of drug-likeness (QED) is 0.475. The van der Waals surface area contributed by atoms with Crippen molar-refractivity contribution >= 4 is 36.4 Å². The van der Waals surface area contributed by atoms with Crippen LogP contribution in [0.4, 0.5) is 0 Å². The molecular formula is C3H7OPS2. The van der Waals surface area contributed by atoms with Crippen LogP contribution in [0.2, 0.25) is 0 Å². The van der Waals surface area contributed by atoms with Gasteiger partial charge in [-0.1, -0.05) is 14.3 Å². The molecule has 7 heavy (non-hydrogen) atoms. The second kappa shape index (κ2) is 3.53. The minimum atomic E-state index is -0.106. The Balaban J connectivity index is 3.55. The lowest BCUT2D eigenvalue weighted by Crippen LogP contribution is -2.04. The van der Waals surface area contributed by atoms with E-state index >= 15 is 0 Å². The summed E-state index contributed by atoms with van der Waals surface area (Å²) < 4.78 is 0. The fourth-order valence-electron chi connectivity index (χ4n) is 0.0582. The molecule has 2 unspecified atom stereocenters. The van der Waals surface area contributed by atoms with Crippen molar-refractivity contribution in [1.29, 1.82) is 0 Å². The zero-order valence-corrected chi connectivity index (χ0v) is 6.71. The highest BCUT2D eigenvalue weighted by Crippen LogP contribution is 2.04. The van der Waals surface area contributed by atoms with E-state index in [0.717, 1.165) is 0 Å². The Morgan fingerprint density at radius 1 is 1.86 bits per heavy atom. The molecule has 2 atom stereocenters. The van der Waals surface area contributed by atoms with Crippen molar-refractivity contribution in [2.24, 2.45) is 0 Å². The van der Waals surface area contributed by atoms with Crippen molar-refractivity contribution in [2.45, 2.75) is 12.6 Å². The zero-order valence-electron chi connectivity index (χ0n) is 3.92. The van der Waals surface area contributed by atoms with Crippen LogP contribution in [-0.4, -0.2) is 15.8 Å². The van der Waals surface area contributed by atoms with Gasteiger partial charge in [0, 0.05) is 5.66 Å². The van der Waals surface area contributed by atoms with Crippen molar-refractivity contribution in [3.8, 4) is 0 Å². The summed E-state index contributed by atoms with van der Waals surface area (Å²) >= 11 is 9.11. The van der Waals surface area contributed by atoms with Crippen LogP contribution in [0.25, 0.3) is 0 Å². The molecule has 0 aromatic carbocycles. The van der Waals surface area contributed by atoms with E-state index in [0.29, 0.717) is 0 Å². The number of aliphatic hydroxyl groups excluding tert-OH is 1. The maximum absolute atomic E-state index is 8.51. The van der Waals surface area contributed by atoms with Gasteiger partial charge in [0.1, 0.15) is 0 Å². The summed E-state index contributed by atoms with van der Waals surface area (Å²) in [7, 11) is -0.106. The van der Waals surface area contributed by atoms with Crippen molar-refractivity contribution in [3.63, 3.8) is 0 Å². The van der Waals surface area contributed by atoms with Gasteiger partial charge >= 0.3 is 0 Å². The first-order valence-electron chi connectivity index (χ1n) is 1.86. The van der Waals surface area contributed by atoms with Gasteiger partial charge in [0.15, 0.2) is 5.05 Å². The van der Waals surface area contributed by atoms with Gasteiger partial charge in [-0.15, -0.1) is 11.8 Å². The Bertz CT molecular complexity index is 92.9. The van der Waals surface area contributed by atoms with E-state index in [2.05, 4.69) is 24.0 Å². The molecule has 1 nitrogen and oxygen atoms in total. The molecule has 42 valence electrons. The SMILES string of the molecule is CC([PH2]=S)C(O)=S. The molecule has 0 aliphatic carbocycles. The summed E-state index contributed by atoms with van der Waals surface area (Å²) in [5.74, 6) is 0. The Labute approximate surface area is 54.6 Å². The zero-order chi connectivity index (χ0) is 5.86. The molecule has 0 fully saturated rings. The molecule has 0 spiro atoms. The lowest BCUT2D eigenvalue weighted by molar-refractivity contribution is 0.555. The molecule has 0 radical (unpaired) electrons. The highest BCUT2D eigenvalue weighted by Gasteiger charge is 1.97. The van der Waals surface area contributed by atoms with Gasteiger partial charge in [-0.2, -0.15) is 0 Å². The molecule has 0 aliphatic rings. The molecule has 0 aliphatic heterocycles. The Hall–Kier alpha value is 0.540. The van der Waals surface area contributed by atoms with E-state index in [1.807, 2.05) is 6.92 Å². The van der Waals surface area contributed by atoms with E-state index in [9.17, 15) is 0 Å². The lowest BCUT2D eigenvalue weighted by Gasteiger charge is -1.95. The van der Waals surface area contributed by atoms with E-state index in [1.165, 1.54) is 0 Å². The largest absolute Gasteiger partial charge is 0.502 e. The molecule has 0 amide bonds. The maximum Gasteiger partial charge on any atom is 0.164 e. The van der Waals surface area contributed by atoms with Crippen LogP contribution in [0.1, 0.15) is 6.92 Å². The van der Waals surface area contributed by atoms with Crippen LogP contribution < -0.4 is 0 Å². The van der Waals surface area contributed by atoms with Crippen molar-refractivity contribution in [2.75, 3.05) is 0 Å². The van der Waals surface area contributed by atoms with Gasteiger partial charge in [-0.05, 0) is 12.2 Å². The van der Waals surface area contributed by atoms with Gasteiger partial charge in [0.05, 0.1) is 0 Å². The summed E-state index contributed by atoms with van der Waals surface area (Å²) in [5.41, 5.74) is 0.0880. The fourth-order valence-corrected chi connectivity index (χ4v) is 1.02. The van der Waals surface area contributed by atoms with Crippen LogP contribution >= 0.6 is 19.6 Å². The van der Waals surface area contributed by atoms with Crippen molar-refractivity contribution < 1.29 is 5.11 Å². The summed E-state index contributed by atoms with van der Waals surface area (Å²) in [6.45, 7) is 1.84. The first-order chi connectivity index (χ1) is 3.18. The van der Waals surface area contributed by atoms with E-state index in [1.54, 1.807) is 0 Å². The molecule has 4 heteroatoms. The number of aliphatic hydroxyl groups is 1. The normalized spacial score (nSPS) is 15.0. The molecule has 0 bridgehead atoms. The monoisotopic (exact) mass is 154 g/mol. The topological polar surface area (TPSA) is 20.2 Å². The Kier molecular flexibility index (Phi) is 3.80. The Morgan fingerprint density at radius 3 is 2.29 bits per heavy atom. The summed E-state index contributed by atoms with van der Waals surface area (Å²) in [5, 5.41) is 8.57. The summed E-state index contributed by atoms with van der Waals surface area (Å²) in [6, 6.07) is 0. The maximum atomic E-state index is 8.51. The average molecular weight is 154 g/mol. The molecule has 0 aromatic rings. The standard InChI is InChI=1S/C3H7OPS2/c1-2(5-7)3(4)6/h2H,5H2,1H3,(H,4,6). The minimum Gasteiger partial charge on any atom is -0.502 e. The Morgan fingerprint density at radius 2 is 2.29 bits per heavy atom. The fraction of sp³-hybridized carbons (Fsp3) is 0.667. The van der Waals surface area contributed by atoms with Gasteiger partial charge in [0.25, 0.3) is 0 Å². The molecule has 0 rings (SSSR count). The van der Waals surface area contributed by atoms with Gasteiger partial charge in [-0.25, -0.2) is 0 Å². The van der Waals surface area contributed by atoms with Crippen molar-refractivity contribution in [1.82, 2.24) is 0 Å². The van der Waals surface area contributed by atoms with Crippen molar-refractivity contribution in [3.05, 3.63) is 0 Å². The molecule has 0 aromatic heterocycles. The van der Waals surface area contributed by atoms with Crippen LogP contribution in [0, 0.1) is 0 Å². The molecule has 1 N–H and O–H groups in total. The molecule has 0 heterocycles. The molecular weight excluding hydrogens is 147 g/mol. The summed E-state index contributed by atoms with van der Waals surface area (Å²) in [4.78, 5) is 0. The van der Waals surface area contributed by atoms with Crippen LogP contribution in [0.3, 0.4) is 0 Å². The third-order valence-corrected chi connectivity index (χ3v) is 3.16. The summed E-state index contributed by atoms with van der Waals surface area (Å²) in [6.07, 6.45) is 0. The second-order valence-electron chi connectivity index (χ2n) is 1.26.